The molecule has 1 unspecified atom stereocenters. The predicted octanol–water partition coefficient (Wildman–Crippen LogP) is 6.81. The average molecular weight is 423 g/mol. The molecule has 0 aliphatic heterocycles. The summed E-state index contributed by atoms with van der Waals surface area (Å²) in [6.07, 6.45) is 0. The summed E-state index contributed by atoms with van der Waals surface area (Å²) < 4.78 is 1.98. The van der Waals surface area contributed by atoms with Gasteiger partial charge in [0.25, 0.3) is 0 Å². The molecular weight excluding hydrogens is 411 g/mol. The molecule has 2 rings (SSSR count). The van der Waals surface area contributed by atoms with Crippen LogP contribution in [-0.2, 0) is 0 Å². The van der Waals surface area contributed by atoms with E-state index in [0.29, 0.717) is 5.02 Å². The zero-order chi connectivity index (χ0) is 14.2. The zero-order valence-electron chi connectivity index (χ0n) is 10.5. The lowest BCUT2D eigenvalue weighted by Gasteiger charge is -2.15. The van der Waals surface area contributed by atoms with E-state index in [2.05, 4.69) is 44.8 Å². The largest absolute Gasteiger partial charge is 0.113 e. The van der Waals surface area contributed by atoms with Gasteiger partial charge in [-0.1, -0.05) is 49.5 Å². The van der Waals surface area contributed by atoms with E-state index < -0.39 is 0 Å². The molecule has 0 bridgehead atoms. The second kappa shape index (κ2) is 6.17. The first-order chi connectivity index (χ1) is 8.88. The first kappa shape index (κ1) is 15.4. The van der Waals surface area contributed by atoms with Crippen LogP contribution in [0.5, 0.6) is 0 Å². The van der Waals surface area contributed by atoms with Crippen molar-refractivity contribution in [3.63, 3.8) is 0 Å². The molecule has 0 aromatic heterocycles. The van der Waals surface area contributed by atoms with Gasteiger partial charge in [0.2, 0.25) is 0 Å². The van der Waals surface area contributed by atoms with E-state index in [1.807, 2.05) is 31.2 Å². The summed E-state index contributed by atoms with van der Waals surface area (Å²) in [7, 11) is 0. The average Bonchev–Trinajstić information content (AvgIpc) is 2.31. The Kier molecular flexibility index (Phi) is 4.99. The van der Waals surface area contributed by atoms with E-state index in [9.17, 15) is 0 Å². The minimum atomic E-state index is -0.263. The SMILES string of the molecule is Cc1cc(Cl)c(C(Cl)c2cc(Br)cc(Br)c2)cc1C. The molecule has 1 atom stereocenters. The quantitative estimate of drug-likeness (QED) is 0.466. The molecule has 0 heterocycles. The minimum absolute atomic E-state index is 0.263. The van der Waals surface area contributed by atoms with Crippen molar-refractivity contribution in [1.29, 1.82) is 0 Å². The monoisotopic (exact) mass is 420 g/mol. The summed E-state index contributed by atoms with van der Waals surface area (Å²) in [5.74, 6) is 0. The lowest BCUT2D eigenvalue weighted by atomic mass is 10.00. The van der Waals surface area contributed by atoms with Gasteiger partial charge >= 0.3 is 0 Å². The van der Waals surface area contributed by atoms with Crippen molar-refractivity contribution in [1.82, 2.24) is 0 Å². The molecule has 4 heteroatoms. The first-order valence-electron chi connectivity index (χ1n) is 5.75. The molecule has 100 valence electrons. The van der Waals surface area contributed by atoms with Gasteiger partial charge in [-0.3, -0.25) is 0 Å². The Morgan fingerprint density at radius 3 is 2.00 bits per heavy atom. The fourth-order valence-electron chi connectivity index (χ4n) is 1.90. The summed E-state index contributed by atoms with van der Waals surface area (Å²) in [5, 5.41) is 0.444. The third-order valence-corrected chi connectivity index (χ3v) is 4.79. The highest BCUT2D eigenvalue weighted by molar-refractivity contribution is 9.11. The highest BCUT2D eigenvalue weighted by Gasteiger charge is 2.16. The van der Waals surface area contributed by atoms with Crippen molar-refractivity contribution in [2.24, 2.45) is 0 Å². The van der Waals surface area contributed by atoms with Crippen LogP contribution in [-0.4, -0.2) is 0 Å². The molecule has 0 fully saturated rings. The molecule has 0 amide bonds. The van der Waals surface area contributed by atoms with Gasteiger partial charge in [0.15, 0.2) is 0 Å². The lowest BCUT2D eigenvalue weighted by molar-refractivity contribution is 1.12. The van der Waals surface area contributed by atoms with Gasteiger partial charge in [-0.25, -0.2) is 0 Å². The maximum Gasteiger partial charge on any atom is 0.0850 e. The van der Waals surface area contributed by atoms with Crippen LogP contribution < -0.4 is 0 Å². The molecular formula is C15H12Br2Cl2. The van der Waals surface area contributed by atoms with Gasteiger partial charge < -0.3 is 0 Å². The molecule has 2 aromatic carbocycles. The predicted molar refractivity (Wildman–Crippen MR) is 90.5 cm³/mol. The Balaban J connectivity index is 2.49. The van der Waals surface area contributed by atoms with Crippen molar-refractivity contribution < 1.29 is 0 Å². The number of hydrogen-bond acceptors (Lipinski definition) is 0. The summed E-state index contributed by atoms with van der Waals surface area (Å²) in [4.78, 5) is 0. The smallest absolute Gasteiger partial charge is 0.0850 e. The second-order valence-corrected chi connectivity index (χ2v) is 7.20. The van der Waals surface area contributed by atoms with Crippen LogP contribution in [0.15, 0.2) is 39.3 Å². The van der Waals surface area contributed by atoms with Crippen LogP contribution in [0.4, 0.5) is 0 Å². The molecule has 0 spiro atoms. The first-order valence-corrected chi connectivity index (χ1v) is 8.15. The third-order valence-electron chi connectivity index (χ3n) is 3.06. The van der Waals surface area contributed by atoms with Gasteiger partial charge in [0.1, 0.15) is 0 Å². The van der Waals surface area contributed by atoms with E-state index in [-0.39, 0.29) is 5.38 Å². The zero-order valence-corrected chi connectivity index (χ0v) is 15.2. The van der Waals surface area contributed by atoms with E-state index in [0.717, 1.165) is 20.1 Å². The van der Waals surface area contributed by atoms with Crippen LogP contribution in [0.3, 0.4) is 0 Å². The molecule has 0 aliphatic carbocycles. The summed E-state index contributed by atoms with van der Waals surface area (Å²) in [6, 6.07) is 10.0. The number of aryl methyl sites for hydroxylation is 2. The number of alkyl halides is 1. The highest BCUT2D eigenvalue weighted by atomic mass is 79.9. The lowest BCUT2D eigenvalue weighted by Crippen LogP contribution is -1.97. The number of hydrogen-bond donors (Lipinski definition) is 0. The highest BCUT2D eigenvalue weighted by Crippen LogP contribution is 2.37. The maximum absolute atomic E-state index is 6.58. The topological polar surface area (TPSA) is 0 Å². The Morgan fingerprint density at radius 2 is 1.42 bits per heavy atom. The van der Waals surface area contributed by atoms with Crippen molar-refractivity contribution in [3.05, 3.63) is 66.6 Å². The van der Waals surface area contributed by atoms with Crippen molar-refractivity contribution in [2.45, 2.75) is 19.2 Å². The number of benzene rings is 2. The van der Waals surface area contributed by atoms with Gasteiger partial charge in [0.05, 0.1) is 5.38 Å². The van der Waals surface area contributed by atoms with Crippen molar-refractivity contribution in [3.8, 4) is 0 Å². The maximum atomic E-state index is 6.58. The molecule has 0 saturated carbocycles. The van der Waals surface area contributed by atoms with Gasteiger partial charge in [-0.15, -0.1) is 11.6 Å². The Morgan fingerprint density at radius 1 is 0.895 bits per heavy atom. The standard InChI is InChI=1S/C15H12Br2Cl2/c1-8-3-13(14(18)4-9(8)2)15(19)10-5-11(16)7-12(17)6-10/h3-7,15H,1-2H3. The minimum Gasteiger partial charge on any atom is -0.113 e. The molecule has 0 nitrogen and oxygen atoms in total. The molecule has 2 aromatic rings. The Labute approximate surface area is 140 Å². The second-order valence-electron chi connectivity index (χ2n) is 4.52. The van der Waals surface area contributed by atoms with Crippen molar-refractivity contribution in [2.75, 3.05) is 0 Å². The third kappa shape index (κ3) is 3.55. The fourth-order valence-corrected chi connectivity index (χ4v) is 3.92. The van der Waals surface area contributed by atoms with Gasteiger partial charge in [-0.2, -0.15) is 0 Å². The van der Waals surface area contributed by atoms with Gasteiger partial charge in [0, 0.05) is 14.0 Å². The van der Waals surface area contributed by atoms with Crippen LogP contribution in [0.1, 0.15) is 27.6 Å². The summed E-state index contributed by atoms with van der Waals surface area (Å²) in [5.41, 5.74) is 4.32. The van der Waals surface area contributed by atoms with E-state index in [1.165, 1.54) is 11.1 Å². The molecule has 0 saturated heterocycles. The van der Waals surface area contributed by atoms with Crippen LogP contribution in [0.25, 0.3) is 0 Å². The van der Waals surface area contributed by atoms with E-state index in [1.54, 1.807) is 0 Å². The van der Waals surface area contributed by atoms with E-state index >= 15 is 0 Å². The summed E-state index contributed by atoms with van der Waals surface area (Å²) >= 11 is 19.9. The van der Waals surface area contributed by atoms with Gasteiger partial charge in [-0.05, 0) is 60.4 Å². The van der Waals surface area contributed by atoms with Crippen LogP contribution >= 0.6 is 55.1 Å². The number of halogens is 4. The van der Waals surface area contributed by atoms with Crippen molar-refractivity contribution >= 4 is 55.1 Å². The Bertz CT molecular complexity index is 604. The summed E-state index contributed by atoms with van der Waals surface area (Å²) in [6.45, 7) is 4.11. The van der Waals surface area contributed by atoms with Crippen LogP contribution in [0, 0.1) is 13.8 Å². The van der Waals surface area contributed by atoms with Crippen LogP contribution in [0.2, 0.25) is 5.02 Å². The Hall–Kier alpha value is -0.0200. The number of rotatable bonds is 2. The normalized spacial score (nSPS) is 12.5. The molecule has 0 N–H and O–H groups in total. The van der Waals surface area contributed by atoms with E-state index in [4.69, 9.17) is 23.2 Å². The molecule has 0 aliphatic rings. The fraction of sp³-hybridized carbons (Fsp3) is 0.200. The molecule has 0 radical (unpaired) electrons. The molecule has 19 heavy (non-hydrogen) atoms.